The molecule has 0 atom stereocenters. The standard InChI is InChI=1S/C28H37F2NO5Si/c1-7-23(35-22-13-10-20(11-14-22)19-8-9-19)26(32)31-21-12-15-24(25(18-21)36-27(29)30)33-16-17-34-37(5,6)28(2,3)4/h7,10-15,18-19,27H,8-9,16-17H2,1-6H3,(H,31,32)/b23-7-. The molecule has 1 fully saturated rings. The van der Waals surface area contributed by atoms with Crippen LogP contribution in [0.25, 0.3) is 0 Å². The van der Waals surface area contributed by atoms with Crippen LogP contribution in [0.1, 0.15) is 52.0 Å². The number of alkyl halides is 2. The van der Waals surface area contributed by atoms with Crippen LogP contribution in [0.4, 0.5) is 14.5 Å². The van der Waals surface area contributed by atoms with E-state index in [1.54, 1.807) is 19.1 Å². The molecule has 0 heterocycles. The minimum atomic E-state index is -3.05. The van der Waals surface area contributed by atoms with E-state index in [0.29, 0.717) is 18.3 Å². The third-order valence-electron chi connectivity index (χ3n) is 6.67. The molecule has 6 nitrogen and oxygen atoms in total. The number of nitrogens with one attached hydrogen (secondary N) is 1. The van der Waals surface area contributed by atoms with Crippen molar-refractivity contribution in [2.24, 2.45) is 0 Å². The van der Waals surface area contributed by atoms with Crippen LogP contribution in [0.15, 0.2) is 54.3 Å². The zero-order valence-electron chi connectivity index (χ0n) is 22.4. The van der Waals surface area contributed by atoms with Crippen molar-refractivity contribution < 1.29 is 32.2 Å². The van der Waals surface area contributed by atoms with Crippen LogP contribution in [0, 0.1) is 0 Å². The maximum atomic E-state index is 13.1. The van der Waals surface area contributed by atoms with E-state index >= 15 is 0 Å². The van der Waals surface area contributed by atoms with Crippen LogP contribution in [0.2, 0.25) is 18.1 Å². The number of hydrogen-bond acceptors (Lipinski definition) is 5. The summed E-state index contributed by atoms with van der Waals surface area (Å²) in [5.41, 5.74) is 1.52. The van der Waals surface area contributed by atoms with Crippen LogP contribution in [0.3, 0.4) is 0 Å². The summed E-state index contributed by atoms with van der Waals surface area (Å²) in [7, 11) is -1.95. The molecule has 1 aliphatic rings. The highest BCUT2D eigenvalue weighted by molar-refractivity contribution is 6.74. The Morgan fingerprint density at radius 1 is 1.08 bits per heavy atom. The number of carbonyl (C=O) groups excluding carboxylic acids is 1. The topological polar surface area (TPSA) is 66.0 Å². The lowest BCUT2D eigenvalue weighted by Crippen LogP contribution is -2.41. The van der Waals surface area contributed by atoms with Crippen molar-refractivity contribution in [1.82, 2.24) is 0 Å². The van der Waals surface area contributed by atoms with E-state index in [2.05, 4.69) is 43.9 Å². The van der Waals surface area contributed by atoms with Crippen LogP contribution >= 0.6 is 0 Å². The molecule has 0 bridgehead atoms. The normalized spacial score (nSPS) is 14.5. The van der Waals surface area contributed by atoms with Crippen molar-refractivity contribution >= 4 is 19.9 Å². The van der Waals surface area contributed by atoms with Gasteiger partial charge in [-0.2, -0.15) is 8.78 Å². The summed E-state index contributed by atoms with van der Waals surface area (Å²) in [5.74, 6) is 0.679. The van der Waals surface area contributed by atoms with E-state index in [-0.39, 0.29) is 34.6 Å². The van der Waals surface area contributed by atoms with Gasteiger partial charge in [0.25, 0.3) is 5.91 Å². The molecule has 0 aliphatic heterocycles. The molecule has 0 spiro atoms. The Morgan fingerprint density at radius 2 is 1.76 bits per heavy atom. The molecule has 1 amide bonds. The summed E-state index contributed by atoms with van der Waals surface area (Å²) in [6.45, 7) is 9.79. The van der Waals surface area contributed by atoms with E-state index in [9.17, 15) is 13.6 Å². The molecular formula is C28H37F2NO5Si. The van der Waals surface area contributed by atoms with Crippen molar-refractivity contribution in [2.75, 3.05) is 18.5 Å². The van der Waals surface area contributed by atoms with Crippen LogP contribution in [0.5, 0.6) is 17.2 Å². The van der Waals surface area contributed by atoms with Gasteiger partial charge in [0, 0.05) is 11.8 Å². The number of hydrogen-bond donors (Lipinski definition) is 1. The number of anilines is 1. The first-order chi connectivity index (χ1) is 17.4. The summed E-state index contributed by atoms with van der Waals surface area (Å²) in [6.07, 6.45) is 3.95. The Morgan fingerprint density at radius 3 is 2.32 bits per heavy atom. The first-order valence-corrected chi connectivity index (χ1v) is 15.4. The SMILES string of the molecule is C/C=C(\Oc1ccc(C2CC2)cc1)C(=O)Nc1ccc(OCCO[Si](C)(C)C(C)(C)C)c(OC(F)F)c1. The van der Waals surface area contributed by atoms with Crippen molar-refractivity contribution in [3.8, 4) is 17.2 Å². The second-order valence-corrected chi connectivity index (χ2v) is 15.4. The fraction of sp³-hybridized carbons (Fsp3) is 0.464. The predicted molar refractivity (Wildman–Crippen MR) is 143 cm³/mol. The van der Waals surface area contributed by atoms with Crippen molar-refractivity contribution in [3.05, 3.63) is 59.9 Å². The average molecular weight is 534 g/mol. The van der Waals surface area contributed by atoms with Gasteiger partial charge in [0.1, 0.15) is 12.4 Å². The quantitative estimate of drug-likeness (QED) is 0.133. The van der Waals surface area contributed by atoms with E-state index in [1.165, 1.54) is 30.5 Å². The van der Waals surface area contributed by atoms with Crippen molar-refractivity contribution in [3.63, 3.8) is 0 Å². The molecule has 1 aliphatic carbocycles. The Kier molecular flexibility index (Phi) is 9.36. The Bertz CT molecular complexity index is 1090. The molecule has 0 saturated heterocycles. The number of benzene rings is 2. The summed E-state index contributed by atoms with van der Waals surface area (Å²) in [4.78, 5) is 12.8. The van der Waals surface area contributed by atoms with Gasteiger partial charge < -0.3 is 24.0 Å². The predicted octanol–water partition coefficient (Wildman–Crippen LogP) is 7.49. The molecular weight excluding hydrogens is 496 g/mol. The van der Waals surface area contributed by atoms with Crippen molar-refractivity contribution in [2.45, 2.75) is 71.2 Å². The second-order valence-electron chi connectivity index (χ2n) is 10.5. The number of halogens is 2. The number of rotatable bonds is 12. The number of allylic oxidation sites excluding steroid dienone is 1. The molecule has 0 unspecified atom stereocenters. The van der Waals surface area contributed by atoms with Crippen LogP contribution < -0.4 is 19.5 Å². The Labute approximate surface area is 219 Å². The molecule has 202 valence electrons. The van der Waals surface area contributed by atoms with Gasteiger partial charge >= 0.3 is 6.61 Å². The van der Waals surface area contributed by atoms with Gasteiger partial charge in [0.05, 0.1) is 6.61 Å². The minimum Gasteiger partial charge on any atom is -0.487 e. The van der Waals surface area contributed by atoms with Gasteiger partial charge in [-0.3, -0.25) is 4.79 Å². The molecule has 0 aromatic heterocycles. The van der Waals surface area contributed by atoms with Gasteiger partial charge in [-0.15, -0.1) is 0 Å². The average Bonchev–Trinajstić information content (AvgIpc) is 3.66. The van der Waals surface area contributed by atoms with Gasteiger partial charge in [-0.05, 0) is 79.7 Å². The van der Waals surface area contributed by atoms with Gasteiger partial charge in [-0.1, -0.05) is 32.9 Å². The first kappa shape index (κ1) is 28.7. The fourth-order valence-corrected chi connectivity index (χ4v) is 4.37. The highest BCUT2D eigenvalue weighted by Crippen LogP contribution is 2.40. The highest BCUT2D eigenvalue weighted by Gasteiger charge is 2.37. The van der Waals surface area contributed by atoms with Gasteiger partial charge in [0.15, 0.2) is 25.6 Å². The zero-order valence-corrected chi connectivity index (χ0v) is 23.4. The third-order valence-corrected chi connectivity index (χ3v) is 11.2. The van der Waals surface area contributed by atoms with Crippen LogP contribution in [-0.4, -0.2) is 34.0 Å². The van der Waals surface area contributed by atoms with Crippen LogP contribution in [-0.2, 0) is 9.22 Å². The lowest BCUT2D eigenvalue weighted by molar-refractivity contribution is -0.114. The van der Waals surface area contributed by atoms with Gasteiger partial charge in [0.2, 0.25) is 0 Å². The molecule has 2 aromatic rings. The first-order valence-electron chi connectivity index (χ1n) is 12.5. The van der Waals surface area contributed by atoms with E-state index in [4.69, 9.17) is 13.9 Å². The number of amides is 1. The van der Waals surface area contributed by atoms with Gasteiger partial charge in [-0.25, -0.2) is 0 Å². The number of ether oxygens (including phenoxy) is 3. The number of carbonyl (C=O) groups is 1. The third kappa shape index (κ3) is 8.29. The zero-order chi connectivity index (χ0) is 27.2. The van der Waals surface area contributed by atoms with E-state index in [1.807, 2.05) is 24.3 Å². The lowest BCUT2D eigenvalue weighted by Gasteiger charge is -2.36. The summed E-state index contributed by atoms with van der Waals surface area (Å²) >= 11 is 0. The smallest absolute Gasteiger partial charge is 0.387 e. The van der Waals surface area contributed by atoms with E-state index < -0.39 is 20.8 Å². The highest BCUT2D eigenvalue weighted by atomic mass is 28.4. The molecule has 37 heavy (non-hydrogen) atoms. The maximum absolute atomic E-state index is 13.1. The summed E-state index contributed by atoms with van der Waals surface area (Å²) < 4.78 is 48.3. The molecule has 0 radical (unpaired) electrons. The van der Waals surface area contributed by atoms with Crippen molar-refractivity contribution in [1.29, 1.82) is 0 Å². The largest absolute Gasteiger partial charge is 0.487 e. The molecule has 1 saturated carbocycles. The monoisotopic (exact) mass is 533 g/mol. The Balaban J connectivity index is 1.62. The summed E-state index contributed by atoms with van der Waals surface area (Å²) in [6, 6.07) is 12.0. The minimum absolute atomic E-state index is 0.0480. The molecule has 3 rings (SSSR count). The molecule has 9 heteroatoms. The molecule has 1 N–H and O–H groups in total. The lowest BCUT2D eigenvalue weighted by atomic mass is 10.1. The van der Waals surface area contributed by atoms with E-state index in [0.717, 1.165) is 0 Å². The molecule has 2 aromatic carbocycles. The maximum Gasteiger partial charge on any atom is 0.387 e. The fourth-order valence-electron chi connectivity index (χ4n) is 3.34. The Hall–Kier alpha value is -2.91. The summed E-state index contributed by atoms with van der Waals surface area (Å²) in [5, 5.41) is 2.71. The second kappa shape index (κ2) is 12.1.